The number of anilines is 1. The van der Waals surface area contributed by atoms with Gasteiger partial charge in [-0.1, -0.05) is 30.8 Å². The zero-order valence-electron chi connectivity index (χ0n) is 21.8. The number of hydrogen-bond acceptors (Lipinski definition) is 5. The lowest BCUT2D eigenvalue weighted by molar-refractivity contribution is -0.118. The lowest BCUT2D eigenvalue weighted by Gasteiger charge is -2.29. The Labute approximate surface area is 227 Å². The van der Waals surface area contributed by atoms with Gasteiger partial charge in [0.15, 0.2) is 0 Å². The molecule has 0 heterocycles. The first kappa shape index (κ1) is 27.4. The molecule has 0 unspecified atom stereocenters. The van der Waals surface area contributed by atoms with Gasteiger partial charge >= 0.3 is 5.97 Å². The molecule has 8 nitrogen and oxygen atoms in total. The maximum atomic E-state index is 12.4. The van der Waals surface area contributed by atoms with E-state index < -0.39 is 5.97 Å². The average molecular weight is 529 g/mol. The Morgan fingerprint density at radius 2 is 1.46 bits per heavy atom. The number of nitrogens with one attached hydrogen (secondary N) is 2. The van der Waals surface area contributed by atoms with E-state index in [-0.39, 0.29) is 41.6 Å². The van der Waals surface area contributed by atoms with E-state index in [0.29, 0.717) is 17.1 Å². The molecule has 3 aromatic rings. The number of para-hydroxylation sites is 1. The number of carbonyl (C=O) groups is 3. The van der Waals surface area contributed by atoms with Gasteiger partial charge in [0.05, 0.1) is 23.8 Å². The number of carboxylic acids is 1. The molecule has 0 aliphatic heterocycles. The van der Waals surface area contributed by atoms with Crippen molar-refractivity contribution in [2.75, 3.05) is 5.32 Å². The fraction of sp³-hybridized carbons (Fsp3) is 0.258. The summed E-state index contributed by atoms with van der Waals surface area (Å²) in [5.41, 5.74) is 1.60. The molecule has 8 heteroatoms. The Kier molecular flexibility index (Phi) is 8.99. The quantitative estimate of drug-likeness (QED) is 0.289. The lowest BCUT2D eigenvalue weighted by atomic mass is 9.92. The van der Waals surface area contributed by atoms with E-state index in [1.807, 2.05) is 24.3 Å². The number of rotatable bonds is 10. The maximum absolute atomic E-state index is 12.4. The van der Waals surface area contributed by atoms with E-state index in [1.165, 1.54) is 6.07 Å². The molecule has 39 heavy (non-hydrogen) atoms. The van der Waals surface area contributed by atoms with Gasteiger partial charge in [0.2, 0.25) is 11.8 Å². The van der Waals surface area contributed by atoms with Gasteiger partial charge in [-0.3, -0.25) is 9.59 Å². The molecule has 0 saturated heterocycles. The van der Waals surface area contributed by atoms with Crippen LogP contribution in [0.1, 0.15) is 48.5 Å². The van der Waals surface area contributed by atoms with Crippen molar-refractivity contribution in [3.8, 4) is 17.2 Å². The van der Waals surface area contributed by atoms with E-state index >= 15 is 0 Å². The molecule has 0 radical (unpaired) electrons. The number of ether oxygens (including phenoxy) is 2. The van der Waals surface area contributed by atoms with Crippen LogP contribution in [0.4, 0.5) is 5.69 Å². The summed E-state index contributed by atoms with van der Waals surface area (Å²) in [6.07, 6.45) is 3.70. The Bertz CT molecular complexity index is 1330. The third-order valence-corrected chi connectivity index (χ3v) is 6.48. The number of amides is 2. The van der Waals surface area contributed by atoms with E-state index in [4.69, 9.17) is 9.47 Å². The Hall–Kier alpha value is -4.59. The van der Waals surface area contributed by atoms with Crippen LogP contribution in [0.25, 0.3) is 0 Å². The van der Waals surface area contributed by atoms with Crippen molar-refractivity contribution in [2.24, 2.45) is 0 Å². The molecule has 3 N–H and O–H groups in total. The first-order valence-corrected chi connectivity index (χ1v) is 12.9. The zero-order valence-corrected chi connectivity index (χ0v) is 21.8. The van der Waals surface area contributed by atoms with Gasteiger partial charge in [0.1, 0.15) is 17.2 Å². The van der Waals surface area contributed by atoms with Crippen molar-refractivity contribution in [3.05, 3.63) is 96.1 Å². The van der Waals surface area contributed by atoms with Gasteiger partial charge in [-0.05, 0) is 86.7 Å². The molecule has 4 rings (SSSR count). The van der Waals surface area contributed by atoms with E-state index in [9.17, 15) is 19.5 Å². The van der Waals surface area contributed by atoms with Crippen LogP contribution < -0.4 is 20.1 Å². The minimum atomic E-state index is -1.10. The number of carboxylic acid groups (broad SMARTS) is 1. The summed E-state index contributed by atoms with van der Waals surface area (Å²) >= 11 is 0. The van der Waals surface area contributed by atoms with Crippen LogP contribution >= 0.6 is 0 Å². The SMILES string of the molecule is C=C(C)C(=O)NC1CCC(Oc2ccc(Oc3ccc(CC(=O)Nc4ccccc4C(=O)O)cc3)cc2)CC1. The molecule has 2 amide bonds. The highest BCUT2D eigenvalue weighted by molar-refractivity contribution is 6.01. The number of carbonyl (C=O) groups excluding carboxylic acids is 2. The summed E-state index contributed by atoms with van der Waals surface area (Å²) in [5.74, 6) is 0.554. The number of aromatic carboxylic acids is 1. The van der Waals surface area contributed by atoms with Crippen molar-refractivity contribution in [1.29, 1.82) is 0 Å². The standard InChI is InChI=1S/C31H32N2O6/c1-20(2)30(35)32-22-9-13-24(14-10-22)39-26-17-15-25(16-18-26)38-23-11-7-21(8-12-23)19-29(34)33-28-6-4-3-5-27(28)31(36)37/h3-8,11-12,15-18,22,24H,1,9-10,13-14,19H2,2H3,(H,32,35)(H,33,34)(H,36,37). The number of hydrogen-bond donors (Lipinski definition) is 3. The van der Waals surface area contributed by atoms with Gasteiger partial charge in [-0.25, -0.2) is 4.79 Å². The Balaban J connectivity index is 1.24. The van der Waals surface area contributed by atoms with Gasteiger partial charge in [0, 0.05) is 11.6 Å². The van der Waals surface area contributed by atoms with Crippen LogP contribution in [0.15, 0.2) is 84.9 Å². The molecular formula is C31H32N2O6. The Morgan fingerprint density at radius 3 is 2.08 bits per heavy atom. The molecule has 0 bridgehead atoms. The van der Waals surface area contributed by atoms with Crippen molar-refractivity contribution in [2.45, 2.75) is 51.2 Å². The van der Waals surface area contributed by atoms with Crippen LogP contribution in [-0.2, 0) is 16.0 Å². The molecule has 1 aliphatic carbocycles. The lowest BCUT2D eigenvalue weighted by Crippen LogP contribution is -2.39. The van der Waals surface area contributed by atoms with Crippen LogP contribution in [0.5, 0.6) is 17.2 Å². The molecule has 3 aromatic carbocycles. The number of benzene rings is 3. The Morgan fingerprint density at radius 1 is 0.872 bits per heavy atom. The first-order valence-electron chi connectivity index (χ1n) is 12.9. The average Bonchev–Trinajstić information content (AvgIpc) is 2.92. The fourth-order valence-electron chi connectivity index (χ4n) is 4.38. The minimum Gasteiger partial charge on any atom is -0.490 e. The van der Waals surface area contributed by atoms with E-state index in [1.54, 1.807) is 49.4 Å². The molecule has 202 valence electrons. The largest absolute Gasteiger partial charge is 0.490 e. The predicted molar refractivity (Wildman–Crippen MR) is 148 cm³/mol. The molecule has 1 fully saturated rings. The molecular weight excluding hydrogens is 496 g/mol. The summed E-state index contributed by atoms with van der Waals surface area (Å²) in [4.78, 5) is 35.6. The van der Waals surface area contributed by atoms with Gasteiger partial charge in [0.25, 0.3) is 0 Å². The van der Waals surface area contributed by atoms with Crippen molar-refractivity contribution in [1.82, 2.24) is 5.32 Å². The van der Waals surface area contributed by atoms with E-state index in [0.717, 1.165) is 37.0 Å². The predicted octanol–water partition coefficient (Wildman–Crippen LogP) is 5.74. The van der Waals surface area contributed by atoms with Crippen molar-refractivity contribution in [3.63, 3.8) is 0 Å². The van der Waals surface area contributed by atoms with Crippen LogP contribution in [0.2, 0.25) is 0 Å². The summed E-state index contributed by atoms with van der Waals surface area (Å²) < 4.78 is 12.0. The minimum absolute atomic E-state index is 0.0442. The highest BCUT2D eigenvalue weighted by Gasteiger charge is 2.23. The second-order valence-electron chi connectivity index (χ2n) is 9.64. The second-order valence-corrected chi connectivity index (χ2v) is 9.64. The smallest absolute Gasteiger partial charge is 0.337 e. The third-order valence-electron chi connectivity index (χ3n) is 6.48. The summed E-state index contributed by atoms with van der Waals surface area (Å²) in [5, 5.41) is 14.9. The zero-order chi connectivity index (χ0) is 27.8. The molecule has 0 spiro atoms. The molecule has 0 atom stereocenters. The topological polar surface area (TPSA) is 114 Å². The highest BCUT2D eigenvalue weighted by Crippen LogP contribution is 2.28. The van der Waals surface area contributed by atoms with Gasteiger partial charge in [-0.2, -0.15) is 0 Å². The highest BCUT2D eigenvalue weighted by atomic mass is 16.5. The van der Waals surface area contributed by atoms with Crippen LogP contribution in [0, 0.1) is 0 Å². The van der Waals surface area contributed by atoms with Crippen molar-refractivity contribution < 1.29 is 29.0 Å². The normalized spacial score (nSPS) is 16.5. The molecule has 1 saturated carbocycles. The van der Waals surface area contributed by atoms with E-state index in [2.05, 4.69) is 17.2 Å². The third kappa shape index (κ3) is 7.95. The molecule has 1 aliphatic rings. The summed E-state index contributed by atoms with van der Waals surface area (Å²) in [6.45, 7) is 5.39. The second kappa shape index (κ2) is 12.8. The molecule has 0 aromatic heterocycles. The van der Waals surface area contributed by atoms with Gasteiger partial charge < -0.3 is 25.2 Å². The van der Waals surface area contributed by atoms with Crippen molar-refractivity contribution >= 4 is 23.5 Å². The summed E-state index contributed by atoms with van der Waals surface area (Å²) in [7, 11) is 0. The first-order chi connectivity index (χ1) is 18.8. The maximum Gasteiger partial charge on any atom is 0.337 e. The van der Waals surface area contributed by atoms with Gasteiger partial charge in [-0.15, -0.1) is 0 Å². The fourth-order valence-corrected chi connectivity index (χ4v) is 4.38. The van der Waals surface area contributed by atoms with Crippen LogP contribution in [-0.4, -0.2) is 35.0 Å². The van der Waals surface area contributed by atoms with Crippen LogP contribution in [0.3, 0.4) is 0 Å². The monoisotopic (exact) mass is 528 g/mol. The summed E-state index contributed by atoms with van der Waals surface area (Å²) in [6, 6.07) is 21.0.